The predicted octanol–water partition coefficient (Wildman–Crippen LogP) is -2.64. The Morgan fingerprint density at radius 1 is 0.839 bits per heavy atom. The molecule has 0 radical (unpaired) electrons. The number of unbranched alkanes of at least 4 members (excludes halogenated alkanes) is 5. The van der Waals surface area contributed by atoms with Crippen LogP contribution in [0.2, 0.25) is 0 Å². The molecule has 0 amide bonds. The Balaban J connectivity index is 1.74. The molecule has 31 heavy (non-hydrogen) atoms. The SMILES string of the molecule is CCCCCCCCO[C@@H]1[C@@H](O)[C@H]([C@H](O)CO[C@@H]2O[C@@H]([C@H](O)CO)[C@H](O)[C@H]2O)O[C@H]1[O-]. The summed E-state index contributed by atoms with van der Waals surface area (Å²) >= 11 is 0. The van der Waals surface area contributed by atoms with Crippen molar-refractivity contribution in [2.24, 2.45) is 0 Å². The molecule has 2 heterocycles. The fourth-order valence-electron chi connectivity index (χ4n) is 3.78. The maximum atomic E-state index is 12.1. The van der Waals surface area contributed by atoms with Gasteiger partial charge in [0.2, 0.25) is 0 Å². The van der Waals surface area contributed by atoms with Gasteiger partial charge in [0, 0.05) is 12.9 Å². The quantitative estimate of drug-likeness (QED) is 0.151. The molecular weight excluding hydrogens is 416 g/mol. The molecule has 184 valence electrons. The predicted molar refractivity (Wildman–Crippen MR) is 104 cm³/mol. The minimum absolute atomic E-state index is 0.309. The number of hydrogen-bond donors (Lipinski definition) is 6. The normalized spacial score (nSPS) is 37.9. The zero-order valence-corrected chi connectivity index (χ0v) is 17.9. The van der Waals surface area contributed by atoms with Gasteiger partial charge in [-0.15, -0.1) is 0 Å². The Kier molecular flexibility index (Phi) is 11.5. The Morgan fingerprint density at radius 3 is 2.16 bits per heavy atom. The van der Waals surface area contributed by atoms with E-state index in [0.29, 0.717) is 6.61 Å². The number of hydrogen-bond acceptors (Lipinski definition) is 11. The average molecular weight is 454 g/mol. The van der Waals surface area contributed by atoms with Gasteiger partial charge in [0.25, 0.3) is 0 Å². The molecule has 0 aromatic rings. The standard InChI is InChI=1S/C20H37O11/c1-2-3-4-5-6-7-8-28-18-15(26)17(30-19(18)27)12(23)10-29-20-14(25)13(24)16(31-20)11(22)9-21/h11-26H,2-10H2,1H3/q-1/t11-,12-,13-,14-,15+,16+,17+,18-,19-,20-/m1/s1. The van der Waals surface area contributed by atoms with Gasteiger partial charge < -0.3 is 54.7 Å². The van der Waals surface area contributed by atoms with Crippen LogP contribution >= 0.6 is 0 Å². The summed E-state index contributed by atoms with van der Waals surface area (Å²) in [4.78, 5) is 0. The molecule has 2 aliphatic rings. The van der Waals surface area contributed by atoms with E-state index in [2.05, 4.69) is 6.92 Å². The Hall–Kier alpha value is -0.440. The zero-order chi connectivity index (χ0) is 23.0. The van der Waals surface area contributed by atoms with Crippen LogP contribution in [0.4, 0.5) is 0 Å². The molecule has 11 heteroatoms. The summed E-state index contributed by atoms with van der Waals surface area (Å²) in [6.45, 7) is 1.29. The van der Waals surface area contributed by atoms with Crippen molar-refractivity contribution in [2.45, 2.75) is 107 Å². The molecule has 2 fully saturated rings. The molecule has 0 saturated carbocycles. The maximum absolute atomic E-state index is 12.1. The summed E-state index contributed by atoms with van der Waals surface area (Å²) < 4.78 is 21.0. The van der Waals surface area contributed by atoms with Gasteiger partial charge in [-0.3, -0.25) is 0 Å². The summed E-state index contributed by atoms with van der Waals surface area (Å²) in [5.74, 6) is 0. The summed E-state index contributed by atoms with van der Waals surface area (Å²) in [5.41, 5.74) is 0. The second-order valence-corrected chi connectivity index (χ2v) is 8.16. The maximum Gasteiger partial charge on any atom is 0.186 e. The lowest BCUT2D eigenvalue weighted by Gasteiger charge is -2.24. The van der Waals surface area contributed by atoms with E-state index in [9.17, 15) is 30.6 Å². The van der Waals surface area contributed by atoms with Crippen molar-refractivity contribution in [1.82, 2.24) is 0 Å². The molecule has 0 bridgehead atoms. The number of aliphatic hydroxyl groups is 6. The molecule has 2 aliphatic heterocycles. The van der Waals surface area contributed by atoms with E-state index in [0.717, 1.165) is 32.1 Å². The molecule has 0 aliphatic carbocycles. The van der Waals surface area contributed by atoms with Gasteiger partial charge in [0.05, 0.1) is 19.3 Å². The van der Waals surface area contributed by atoms with Crippen molar-refractivity contribution in [3.63, 3.8) is 0 Å². The van der Waals surface area contributed by atoms with Crippen molar-refractivity contribution >= 4 is 0 Å². The molecule has 0 spiro atoms. The molecule has 2 rings (SSSR count). The largest absolute Gasteiger partial charge is 0.829 e. The number of ether oxygens (including phenoxy) is 4. The minimum Gasteiger partial charge on any atom is -0.829 e. The second kappa shape index (κ2) is 13.3. The van der Waals surface area contributed by atoms with Crippen LogP contribution in [0.25, 0.3) is 0 Å². The molecular formula is C20H37O11-. The second-order valence-electron chi connectivity index (χ2n) is 8.16. The highest BCUT2D eigenvalue weighted by Crippen LogP contribution is 2.27. The van der Waals surface area contributed by atoms with E-state index in [1.54, 1.807) is 0 Å². The van der Waals surface area contributed by atoms with Crippen LogP contribution in [-0.4, -0.2) is 112 Å². The Labute approximate surface area is 182 Å². The van der Waals surface area contributed by atoms with Gasteiger partial charge in [0.15, 0.2) is 6.29 Å². The molecule has 10 atom stereocenters. The van der Waals surface area contributed by atoms with Crippen molar-refractivity contribution in [3.8, 4) is 0 Å². The lowest BCUT2D eigenvalue weighted by Crippen LogP contribution is -2.44. The number of aliphatic hydroxyl groups excluding tert-OH is 6. The van der Waals surface area contributed by atoms with Gasteiger partial charge in [-0.2, -0.15) is 0 Å². The van der Waals surface area contributed by atoms with Gasteiger partial charge >= 0.3 is 0 Å². The summed E-state index contributed by atoms with van der Waals surface area (Å²) in [7, 11) is 0. The zero-order valence-electron chi connectivity index (χ0n) is 17.9. The Morgan fingerprint density at radius 2 is 1.48 bits per heavy atom. The van der Waals surface area contributed by atoms with Gasteiger partial charge in [-0.25, -0.2) is 0 Å². The molecule has 2 saturated heterocycles. The third-order valence-corrected chi connectivity index (χ3v) is 5.67. The fraction of sp³-hybridized carbons (Fsp3) is 1.00. The highest BCUT2D eigenvalue weighted by Gasteiger charge is 2.48. The van der Waals surface area contributed by atoms with Crippen LogP contribution in [-0.2, 0) is 18.9 Å². The lowest BCUT2D eigenvalue weighted by atomic mass is 10.1. The van der Waals surface area contributed by atoms with Crippen LogP contribution < -0.4 is 5.11 Å². The molecule has 0 aromatic heterocycles. The summed E-state index contributed by atoms with van der Waals surface area (Å²) in [5, 5.41) is 71.1. The first-order chi connectivity index (χ1) is 14.8. The highest BCUT2D eigenvalue weighted by molar-refractivity contribution is 4.93. The third-order valence-electron chi connectivity index (χ3n) is 5.67. The first kappa shape index (κ1) is 26.8. The van der Waals surface area contributed by atoms with Crippen molar-refractivity contribution < 1.29 is 54.7 Å². The van der Waals surface area contributed by atoms with Crippen molar-refractivity contribution in [2.75, 3.05) is 19.8 Å². The van der Waals surface area contributed by atoms with E-state index in [-0.39, 0.29) is 0 Å². The van der Waals surface area contributed by atoms with Gasteiger partial charge in [0.1, 0.15) is 42.7 Å². The first-order valence-corrected chi connectivity index (χ1v) is 11.0. The van der Waals surface area contributed by atoms with Crippen LogP contribution in [0.1, 0.15) is 45.4 Å². The van der Waals surface area contributed by atoms with E-state index >= 15 is 0 Å². The molecule has 0 unspecified atom stereocenters. The smallest absolute Gasteiger partial charge is 0.186 e. The van der Waals surface area contributed by atoms with E-state index in [1.165, 1.54) is 6.42 Å². The van der Waals surface area contributed by atoms with Gasteiger partial charge in [-0.05, 0) is 6.42 Å². The first-order valence-electron chi connectivity index (χ1n) is 11.0. The summed E-state index contributed by atoms with van der Waals surface area (Å²) in [6.07, 6.45) is -7.58. The van der Waals surface area contributed by atoms with Crippen molar-refractivity contribution in [1.29, 1.82) is 0 Å². The fourth-order valence-corrected chi connectivity index (χ4v) is 3.78. The minimum atomic E-state index is -1.66. The van der Waals surface area contributed by atoms with E-state index < -0.39 is 74.6 Å². The van der Waals surface area contributed by atoms with E-state index in [1.807, 2.05) is 0 Å². The van der Waals surface area contributed by atoms with Gasteiger partial charge in [-0.1, -0.05) is 39.0 Å². The molecule has 6 N–H and O–H groups in total. The highest BCUT2D eigenvalue weighted by atomic mass is 16.7. The topological polar surface area (TPSA) is 181 Å². The van der Waals surface area contributed by atoms with Crippen molar-refractivity contribution in [3.05, 3.63) is 0 Å². The van der Waals surface area contributed by atoms with Crippen LogP contribution in [0.15, 0.2) is 0 Å². The Bertz CT molecular complexity index is 496. The average Bonchev–Trinajstić information content (AvgIpc) is 3.21. The van der Waals surface area contributed by atoms with Crippen LogP contribution in [0.5, 0.6) is 0 Å². The van der Waals surface area contributed by atoms with Crippen LogP contribution in [0, 0.1) is 0 Å². The molecule has 11 nitrogen and oxygen atoms in total. The third kappa shape index (κ3) is 7.27. The van der Waals surface area contributed by atoms with Crippen LogP contribution in [0.3, 0.4) is 0 Å². The number of rotatable bonds is 14. The van der Waals surface area contributed by atoms with E-state index in [4.69, 9.17) is 24.1 Å². The lowest BCUT2D eigenvalue weighted by molar-refractivity contribution is -0.501. The summed E-state index contributed by atoms with van der Waals surface area (Å²) in [6, 6.07) is 0. The monoisotopic (exact) mass is 453 g/mol. The molecule has 0 aromatic carbocycles.